The molecule has 3 heterocycles. The van der Waals surface area contributed by atoms with Gasteiger partial charge in [0.15, 0.2) is 17.1 Å². The highest BCUT2D eigenvalue weighted by atomic mass is 16.7. The smallest absolute Gasteiger partial charge is 0.248 e. The van der Waals surface area contributed by atoms with Crippen molar-refractivity contribution in [2.45, 2.75) is 13.0 Å². The van der Waals surface area contributed by atoms with Crippen LogP contribution in [0.15, 0.2) is 70.2 Å². The monoisotopic (exact) mass is 429 g/mol. The molecule has 32 heavy (non-hydrogen) atoms. The Kier molecular flexibility index (Phi) is 4.74. The van der Waals surface area contributed by atoms with Crippen LogP contribution in [0.5, 0.6) is 11.5 Å². The van der Waals surface area contributed by atoms with Crippen molar-refractivity contribution in [3.05, 3.63) is 82.3 Å². The van der Waals surface area contributed by atoms with Crippen LogP contribution in [0.25, 0.3) is 22.1 Å². The van der Waals surface area contributed by atoms with Gasteiger partial charge in [-0.15, -0.1) is 0 Å². The van der Waals surface area contributed by atoms with Crippen molar-refractivity contribution in [1.29, 1.82) is 0 Å². The highest BCUT2D eigenvalue weighted by Crippen LogP contribution is 2.35. The van der Waals surface area contributed by atoms with Gasteiger partial charge in [-0.25, -0.2) is 4.98 Å². The van der Waals surface area contributed by atoms with E-state index in [-0.39, 0.29) is 18.3 Å². The van der Waals surface area contributed by atoms with E-state index in [1.165, 1.54) is 12.5 Å². The standard InChI is InChI=1S/C24H19N3O5/c1-13(14-3-2-4-16(7-14)24(25)29)27-22-9-17-21(10-26-22)30-11-18(23(17)28)15-5-6-19-20(8-15)32-12-31-19/h2-11,13H,12H2,1H3,(H2,25,29)(H,26,27)/t13-/m0/s1. The number of rotatable bonds is 5. The Morgan fingerprint density at radius 3 is 2.81 bits per heavy atom. The number of amides is 1. The van der Waals surface area contributed by atoms with Crippen LogP contribution in [-0.2, 0) is 0 Å². The van der Waals surface area contributed by atoms with E-state index >= 15 is 0 Å². The van der Waals surface area contributed by atoms with Gasteiger partial charge in [0.1, 0.15) is 12.1 Å². The van der Waals surface area contributed by atoms with Crippen LogP contribution in [0.1, 0.15) is 28.9 Å². The van der Waals surface area contributed by atoms with Crippen molar-refractivity contribution < 1.29 is 18.7 Å². The second-order valence-corrected chi connectivity index (χ2v) is 7.47. The lowest BCUT2D eigenvalue weighted by molar-refractivity contribution is 0.1000. The molecule has 0 saturated carbocycles. The summed E-state index contributed by atoms with van der Waals surface area (Å²) >= 11 is 0. The maximum Gasteiger partial charge on any atom is 0.248 e. The predicted molar refractivity (Wildman–Crippen MR) is 119 cm³/mol. The van der Waals surface area contributed by atoms with Crippen molar-refractivity contribution in [2.75, 3.05) is 12.1 Å². The maximum atomic E-state index is 13.2. The van der Waals surface area contributed by atoms with Crippen molar-refractivity contribution in [3.8, 4) is 22.6 Å². The first-order valence-corrected chi connectivity index (χ1v) is 9.97. The number of fused-ring (bicyclic) bond motifs is 2. The second kappa shape index (κ2) is 7.73. The number of aromatic nitrogens is 1. The number of benzene rings is 2. The van der Waals surface area contributed by atoms with Gasteiger partial charge in [-0.2, -0.15) is 0 Å². The number of ether oxygens (including phenoxy) is 2. The third kappa shape index (κ3) is 3.51. The number of nitrogens with one attached hydrogen (secondary N) is 1. The van der Waals surface area contributed by atoms with Gasteiger partial charge < -0.3 is 24.9 Å². The Hall–Kier alpha value is -4.33. The lowest BCUT2D eigenvalue weighted by atomic mass is 10.0. The van der Waals surface area contributed by atoms with Crippen LogP contribution in [0, 0.1) is 0 Å². The van der Waals surface area contributed by atoms with E-state index in [4.69, 9.17) is 19.6 Å². The Labute approximate surface area is 182 Å². The summed E-state index contributed by atoms with van der Waals surface area (Å²) in [7, 11) is 0. The molecule has 0 unspecified atom stereocenters. The lowest BCUT2D eigenvalue weighted by Crippen LogP contribution is -2.13. The molecule has 1 amide bonds. The van der Waals surface area contributed by atoms with Crippen molar-refractivity contribution in [3.63, 3.8) is 0 Å². The molecule has 4 aromatic rings. The summed E-state index contributed by atoms with van der Waals surface area (Å²) in [6, 6.07) is 13.8. The van der Waals surface area contributed by atoms with Gasteiger partial charge in [0.05, 0.1) is 17.1 Å². The van der Waals surface area contributed by atoms with Crippen molar-refractivity contribution in [2.24, 2.45) is 5.73 Å². The van der Waals surface area contributed by atoms with Crippen LogP contribution < -0.4 is 26.0 Å². The molecule has 0 radical (unpaired) electrons. The van der Waals surface area contributed by atoms with E-state index in [0.29, 0.717) is 45.0 Å². The summed E-state index contributed by atoms with van der Waals surface area (Å²) in [4.78, 5) is 29.0. The number of carbonyl (C=O) groups is 1. The van der Waals surface area contributed by atoms with Gasteiger partial charge in [0, 0.05) is 11.6 Å². The van der Waals surface area contributed by atoms with E-state index < -0.39 is 5.91 Å². The van der Waals surface area contributed by atoms with Gasteiger partial charge in [-0.3, -0.25) is 9.59 Å². The summed E-state index contributed by atoms with van der Waals surface area (Å²) in [5.74, 6) is 1.25. The summed E-state index contributed by atoms with van der Waals surface area (Å²) in [5.41, 5.74) is 7.95. The minimum absolute atomic E-state index is 0.159. The zero-order valence-corrected chi connectivity index (χ0v) is 17.1. The molecule has 1 aliphatic heterocycles. The predicted octanol–water partition coefficient (Wildman–Crippen LogP) is 3.86. The van der Waals surface area contributed by atoms with E-state index in [1.54, 1.807) is 42.5 Å². The molecule has 8 heteroatoms. The first-order chi connectivity index (χ1) is 15.5. The Bertz CT molecular complexity index is 1410. The average molecular weight is 429 g/mol. The Morgan fingerprint density at radius 1 is 1.12 bits per heavy atom. The van der Waals surface area contributed by atoms with E-state index in [9.17, 15) is 9.59 Å². The molecule has 2 aromatic heterocycles. The van der Waals surface area contributed by atoms with Gasteiger partial charge in [-0.05, 0) is 48.4 Å². The van der Waals surface area contributed by atoms with Crippen LogP contribution in [0.4, 0.5) is 5.82 Å². The largest absolute Gasteiger partial charge is 0.462 e. The van der Waals surface area contributed by atoms with Gasteiger partial charge in [0.2, 0.25) is 18.1 Å². The maximum absolute atomic E-state index is 13.2. The van der Waals surface area contributed by atoms with Crippen LogP contribution in [0.2, 0.25) is 0 Å². The SMILES string of the molecule is C[C@H](Nc1cc2c(=O)c(-c3ccc4c(c3)OCO4)coc2cn1)c1cccc(C(N)=O)c1. The number of hydrogen-bond donors (Lipinski definition) is 2. The summed E-state index contributed by atoms with van der Waals surface area (Å²) in [6.07, 6.45) is 2.93. The molecule has 8 nitrogen and oxygen atoms in total. The molecular weight excluding hydrogens is 410 g/mol. The van der Waals surface area contributed by atoms with Crippen molar-refractivity contribution >= 4 is 22.7 Å². The van der Waals surface area contributed by atoms with Crippen LogP contribution in [0.3, 0.4) is 0 Å². The molecule has 0 bridgehead atoms. The topological polar surface area (TPSA) is 117 Å². The Morgan fingerprint density at radius 2 is 1.97 bits per heavy atom. The molecule has 3 N–H and O–H groups in total. The minimum Gasteiger partial charge on any atom is -0.462 e. The highest BCUT2D eigenvalue weighted by Gasteiger charge is 2.17. The normalized spacial score (nSPS) is 13.2. The van der Waals surface area contributed by atoms with Gasteiger partial charge >= 0.3 is 0 Å². The zero-order chi connectivity index (χ0) is 22.2. The molecule has 160 valence electrons. The van der Waals surface area contributed by atoms with E-state index in [2.05, 4.69) is 10.3 Å². The fourth-order valence-electron chi connectivity index (χ4n) is 3.64. The molecule has 0 aliphatic carbocycles. The van der Waals surface area contributed by atoms with E-state index in [1.807, 2.05) is 13.0 Å². The average Bonchev–Trinajstić information content (AvgIpc) is 3.27. The molecule has 0 saturated heterocycles. The van der Waals surface area contributed by atoms with Gasteiger partial charge in [-0.1, -0.05) is 18.2 Å². The molecular formula is C24H19N3O5. The fraction of sp³-hybridized carbons (Fsp3) is 0.125. The zero-order valence-electron chi connectivity index (χ0n) is 17.1. The van der Waals surface area contributed by atoms with Crippen molar-refractivity contribution in [1.82, 2.24) is 4.98 Å². The number of primary amides is 1. The number of nitrogens with zero attached hydrogens (tertiary/aromatic N) is 1. The first-order valence-electron chi connectivity index (χ1n) is 9.97. The van der Waals surface area contributed by atoms with Gasteiger partial charge in [0.25, 0.3) is 0 Å². The molecule has 1 aliphatic rings. The first kappa shape index (κ1) is 19.6. The summed E-state index contributed by atoms with van der Waals surface area (Å²) in [6.45, 7) is 2.09. The summed E-state index contributed by atoms with van der Waals surface area (Å²) in [5, 5.41) is 3.66. The Balaban J connectivity index is 1.48. The quantitative estimate of drug-likeness (QED) is 0.495. The van der Waals surface area contributed by atoms with Crippen LogP contribution in [-0.4, -0.2) is 17.7 Å². The molecule has 1 atom stereocenters. The third-order valence-electron chi connectivity index (χ3n) is 5.38. The molecule has 0 fully saturated rings. The highest BCUT2D eigenvalue weighted by molar-refractivity contribution is 5.93. The number of pyridine rings is 1. The fourth-order valence-corrected chi connectivity index (χ4v) is 3.64. The number of carbonyl (C=O) groups excluding carboxylic acids is 1. The molecule has 5 rings (SSSR count). The third-order valence-corrected chi connectivity index (χ3v) is 5.38. The number of hydrogen-bond acceptors (Lipinski definition) is 7. The molecule has 0 spiro atoms. The summed E-state index contributed by atoms with van der Waals surface area (Å²) < 4.78 is 16.4. The molecule has 2 aromatic carbocycles. The van der Waals surface area contributed by atoms with Crippen LogP contribution >= 0.6 is 0 Å². The lowest BCUT2D eigenvalue weighted by Gasteiger charge is -2.16. The number of nitrogens with two attached hydrogens (primary N) is 1. The van der Waals surface area contributed by atoms with E-state index in [0.717, 1.165) is 5.56 Å². The second-order valence-electron chi connectivity index (χ2n) is 7.47. The number of anilines is 1. The minimum atomic E-state index is -0.489.